The van der Waals surface area contributed by atoms with Crippen molar-refractivity contribution < 1.29 is 9.90 Å². The molecule has 0 radical (unpaired) electrons. The van der Waals surface area contributed by atoms with Crippen LogP contribution < -0.4 is 0 Å². The number of imidazole rings is 1. The summed E-state index contributed by atoms with van der Waals surface area (Å²) >= 11 is 12.4. The predicted octanol–water partition coefficient (Wildman–Crippen LogP) is 7.36. The standard InChI is InChI=1S/C27H21Cl2N3O2/c1-15-24(18-5-4-6-20(29)11-18)25-22(32(15)16(2)33)12-21(17-7-9-19(28)10-8-17)27(34)26(25)23-13-30-14-31(23)3/h4-14,34H,1-3H3. The first-order valence-electron chi connectivity index (χ1n) is 10.7. The van der Waals surface area contributed by atoms with E-state index < -0.39 is 0 Å². The van der Waals surface area contributed by atoms with Gasteiger partial charge in [-0.15, -0.1) is 0 Å². The fraction of sp³-hybridized carbons (Fsp3) is 0.111. The minimum atomic E-state index is -0.125. The fourth-order valence-electron chi connectivity index (χ4n) is 4.66. The fourth-order valence-corrected chi connectivity index (χ4v) is 4.98. The summed E-state index contributed by atoms with van der Waals surface area (Å²) in [4.78, 5) is 17.2. The highest BCUT2D eigenvalue weighted by Crippen LogP contribution is 2.49. The number of halogens is 2. The summed E-state index contributed by atoms with van der Waals surface area (Å²) < 4.78 is 3.53. The molecule has 5 aromatic rings. The van der Waals surface area contributed by atoms with Crippen molar-refractivity contribution in [2.45, 2.75) is 13.8 Å². The summed E-state index contributed by atoms with van der Waals surface area (Å²) in [5.74, 6) is -0.0260. The van der Waals surface area contributed by atoms with Gasteiger partial charge in [-0.25, -0.2) is 4.98 Å². The molecule has 34 heavy (non-hydrogen) atoms. The zero-order chi connectivity index (χ0) is 24.1. The lowest BCUT2D eigenvalue weighted by Crippen LogP contribution is -2.07. The molecule has 0 fully saturated rings. The molecule has 5 rings (SSSR count). The van der Waals surface area contributed by atoms with Crippen molar-refractivity contribution >= 4 is 40.0 Å². The molecular formula is C27H21Cl2N3O2. The van der Waals surface area contributed by atoms with E-state index in [1.54, 1.807) is 29.2 Å². The number of hydrogen-bond acceptors (Lipinski definition) is 3. The Kier molecular flexibility index (Phi) is 5.47. The molecule has 0 unspecified atom stereocenters. The summed E-state index contributed by atoms with van der Waals surface area (Å²) in [5.41, 5.74) is 5.85. The zero-order valence-electron chi connectivity index (χ0n) is 18.8. The Morgan fingerprint density at radius 3 is 2.32 bits per heavy atom. The van der Waals surface area contributed by atoms with E-state index >= 15 is 0 Å². The lowest BCUT2D eigenvalue weighted by atomic mass is 9.92. The van der Waals surface area contributed by atoms with Crippen LogP contribution >= 0.6 is 23.2 Å². The maximum Gasteiger partial charge on any atom is 0.228 e. The van der Waals surface area contributed by atoms with Gasteiger partial charge < -0.3 is 9.67 Å². The number of phenolic OH excluding ortho intramolecular Hbond substituents is 1. The smallest absolute Gasteiger partial charge is 0.228 e. The van der Waals surface area contributed by atoms with E-state index in [1.165, 1.54) is 6.92 Å². The number of aromatic nitrogens is 3. The minimum absolute atomic E-state index is 0.0994. The van der Waals surface area contributed by atoms with Crippen LogP contribution in [0.1, 0.15) is 17.4 Å². The molecule has 2 heterocycles. The van der Waals surface area contributed by atoms with E-state index in [4.69, 9.17) is 23.2 Å². The second-order valence-electron chi connectivity index (χ2n) is 8.26. The molecule has 170 valence electrons. The normalized spacial score (nSPS) is 11.3. The number of benzene rings is 3. The van der Waals surface area contributed by atoms with Crippen LogP contribution in [0.3, 0.4) is 0 Å². The monoisotopic (exact) mass is 489 g/mol. The molecule has 0 saturated carbocycles. The highest BCUT2D eigenvalue weighted by molar-refractivity contribution is 6.31. The van der Waals surface area contributed by atoms with Gasteiger partial charge in [-0.05, 0) is 48.4 Å². The van der Waals surface area contributed by atoms with Gasteiger partial charge in [0, 0.05) is 46.2 Å². The van der Waals surface area contributed by atoms with Gasteiger partial charge in [0.25, 0.3) is 0 Å². The Morgan fingerprint density at radius 1 is 0.971 bits per heavy atom. The van der Waals surface area contributed by atoms with E-state index in [1.807, 2.05) is 61.0 Å². The largest absolute Gasteiger partial charge is 0.507 e. The maximum absolute atomic E-state index is 12.9. The number of aryl methyl sites for hydroxylation is 1. The summed E-state index contributed by atoms with van der Waals surface area (Å²) in [6.07, 6.45) is 3.39. The number of rotatable bonds is 3. The molecule has 5 nitrogen and oxygen atoms in total. The number of nitrogens with zero attached hydrogens (tertiary/aromatic N) is 3. The van der Waals surface area contributed by atoms with Gasteiger partial charge in [0.05, 0.1) is 29.3 Å². The lowest BCUT2D eigenvalue weighted by molar-refractivity contribution is 0.0940. The van der Waals surface area contributed by atoms with Gasteiger partial charge in [-0.3, -0.25) is 9.36 Å². The molecule has 0 aliphatic rings. The molecule has 7 heteroatoms. The minimum Gasteiger partial charge on any atom is -0.507 e. The van der Waals surface area contributed by atoms with Crippen molar-refractivity contribution in [3.8, 4) is 39.3 Å². The number of phenols is 1. The van der Waals surface area contributed by atoms with Crippen molar-refractivity contribution in [1.29, 1.82) is 0 Å². The number of fused-ring (bicyclic) bond motifs is 1. The molecule has 1 N–H and O–H groups in total. The van der Waals surface area contributed by atoms with Crippen molar-refractivity contribution in [2.24, 2.45) is 7.05 Å². The first kappa shape index (κ1) is 22.3. The number of carbonyl (C=O) groups is 1. The average Bonchev–Trinajstić information content (AvgIpc) is 3.34. The van der Waals surface area contributed by atoms with Crippen LogP contribution in [-0.2, 0) is 7.05 Å². The van der Waals surface area contributed by atoms with Gasteiger partial charge in [0.15, 0.2) is 0 Å². The number of carbonyl (C=O) groups excluding carboxylic acids is 1. The van der Waals surface area contributed by atoms with E-state index in [9.17, 15) is 9.90 Å². The summed E-state index contributed by atoms with van der Waals surface area (Å²) in [7, 11) is 1.87. The van der Waals surface area contributed by atoms with Crippen molar-refractivity contribution in [3.63, 3.8) is 0 Å². The van der Waals surface area contributed by atoms with E-state index in [-0.39, 0.29) is 11.7 Å². The molecule has 2 aromatic heterocycles. The molecule has 0 amide bonds. The summed E-state index contributed by atoms with van der Waals surface area (Å²) in [6, 6.07) is 16.6. The van der Waals surface area contributed by atoms with E-state index in [0.717, 1.165) is 33.5 Å². The van der Waals surface area contributed by atoms with Crippen molar-refractivity contribution in [2.75, 3.05) is 0 Å². The Morgan fingerprint density at radius 2 is 1.71 bits per heavy atom. The third kappa shape index (κ3) is 3.49. The van der Waals surface area contributed by atoms with Crippen LogP contribution in [0.5, 0.6) is 5.75 Å². The summed E-state index contributed by atoms with van der Waals surface area (Å²) in [6.45, 7) is 3.44. The van der Waals surface area contributed by atoms with Gasteiger partial charge in [0.1, 0.15) is 5.75 Å². The average molecular weight is 490 g/mol. The zero-order valence-corrected chi connectivity index (χ0v) is 20.3. The second-order valence-corrected chi connectivity index (χ2v) is 9.14. The van der Waals surface area contributed by atoms with Crippen molar-refractivity contribution in [1.82, 2.24) is 14.1 Å². The van der Waals surface area contributed by atoms with Crippen LogP contribution in [0.15, 0.2) is 67.1 Å². The molecule has 0 atom stereocenters. The SMILES string of the molecule is CC(=O)n1c(C)c(-c2cccc(Cl)c2)c2c(-c3cncn3C)c(O)c(-c3ccc(Cl)cc3)cc21. The molecule has 0 aliphatic carbocycles. The maximum atomic E-state index is 12.9. The Bertz CT molecular complexity index is 1580. The molecular weight excluding hydrogens is 469 g/mol. The van der Waals surface area contributed by atoms with Crippen LogP contribution in [0.2, 0.25) is 10.0 Å². The molecule has 0 spiro atoms. The van der Waals surface area contributed by atoms with Gasteiger partial charge in [0.2, 0.25) is 5.91 Å². The topological polar surface area (TPSA) is 60.0 Å². The third-order valence-corrected chi connectivity index (χ3v) is 6.61. The Hall–Kier alpha value is -3.54. The highest BCUT2D eigenvalue weighted by Gasteiger charge is 2.27. The number of aromatic hydroxyl groups is 1. The van der Waals surface area contributed by atoms with Crippen LogP contribution in [0.25, 0.3) is 44.4 Å². The second kappa shape index (κ2) is 8.35. The van der Waals surface area contributed by atoms with Gasteiger partial charge in [-0.1, -0.05) is 47.5 Å². The third-order valence-electron chi connectivity index (χ3n) is 6.12. The van der Waals surface area contributed by atoms with Gasteiger partial charge >= 0.3 is 0 Å². The molecule has 3 aromatic carbocycles. The summed E-state index contributed by atoms with van der Waals surface area (Å²) in [5, 5.41) is 13.6. The van der Waals surface area contributed by atoms with E-state index in [0.29, 0.717) is 26.7 Å². The molecule has 0 aliphatic heterocycles. The van der Waals surface area contributed by atoms with E-state index in [2.05, 4.69) is 4.98 Å². The highest BCUT2D eigenvalue weighted by atomic mass is 35.5. The quantitative estimate of drug-likeness (QED) is 0.288. The number of hydrogen-bond donors (Lipinski definition) is 1. The predicted molar refractivity (Wildman–Crippen MR) is 138 cm³/mol. The van der Waals surface area contributed by atoms with Crippen LogP contribution in [-0.4, -0.2) is 25.1 Å². The first-order chi connectivity index (χ1) is 16.3. The molecule has 0 bridgehead atoms. The van der Waals surface area contributed by atoms with Crippen molar-refractivity contribution in [3.05, 3.63) is 82.9 Å². The van der Waals surface area contributed by atoms with Crippen LogP contribution in [0, 0.1) is 6.92 Å². The Balaban J connectivity index is 2.01. The van der Waals surface area contributed by atoms with Gasteiger partial charge in [-0.2, -0.15) is 0 Å². The first-order valence-corrected chi connectivity index (χ1v) is 11.4. The lowest BCUT2D eigenvalue weighted by Gasteiger charge is -2.15. The molecule has 0 saturated heterocycles. The van der Waals surface area contributed by atoms with Crippen LogP contribution in [0.4, 0.5) is 0 Å². The Labute approximate surface area is 206 Å².